The van der Waals surface area contributed by atoms with Crippen molar-refractivity contribution in [3.8, 4) is 39.6 Å². The molecule has 0 aliphatic carbocycles. The first-order valence-corrected chi connectivity index (χ1v) is 51.4. The van der Waals surface area contributed by atoms with Gasteiger partial charge in [0.25, 0.3) is 28.4 Å². The van der Waals surface area contributed by atoms with Crippen LogP contribution < -0.4 is 22.7 Å². The Morgan fingerprint density at radius 1 is 0.345 bits per heavy atom. The molecule has 21 aromatic rings. The van der Waals surface area contributed by atoms with Crippen LogP contribution in [0.25, 0.3) is 149 Å². The number of benzene rings is 12. The van der Waals surface area contributed by atoms with Crippen molar-refractivity contribution in [2.24, 2.45) is 47.1 Å². The van der Waals surface area contributed by atoms with E-state index in [2.05, 4.69) is 528 Å². The van der Waals surface area contributed by atoms with Crippen LogP contribution in [-0.4, -0.2) is 22.3 Å². The largest absolute Gasteiger partial charge is 0.295 e. The molecule has 0 unspecified atom stereocenters. The first-order chi connectivity index (χ1) is 66.5. The van der Waals surface area contributed by atoms with Gasteiger partial charge in [-0.3, -0.25) is 0 Å². The van der Waals surface area contributed by atoms with E-state index in [0.29, 0.717) is 23.7 Å². The highest BCUT2D eigenvalue weighted by atomic mass is 15.2. The van der Waals surface area contributed by atoms with E-state index in [9.17, 15) is 0 Å². The molecule has 12 heterocycles. The van der Waals surface area contributed by atoms with Crippen LogP contribution in [0.1, 0.15) is 277 Å². The molecule has 0 amide bonds. The fourth-order valence-corrected chi connectivity index (χ4v) is 25.3. The maximum Gasteiger partial charge on any atom is 0.295 e. The van der Waals surface area contributed by atoms with Gasteiger partial charge in [-0.2, -0.15) is 22.2 Å². The van der Waals surface area contributed by atoms with Crippen molar-refractivity contribution < 1.29 is 22.7 Å². The molecule has 0 spiro atoms. The number of fused-ring (bicyclic) bond motifs is 15. The molecule has 0 saturated heterocycles. The molecular formula is C135H165N10+5. The van der Waals surface area contributed by atoms with Crippen molar-refractivity contribution in [3.05, 3.63) is 357 Å². The smallest absolute Gasteiger partial charge is 0.232 e. The van der Waals surface area contributed by atoms with Gasteiger partial charge in [0.05, 0.1) is 62.3 Å². The van der Waals surface area contributed by atoms with Gasteiger partial charge in [0.2, 0.25) is 0 Å². The van der Waals surface area contributed by atoms with Gasteiger partial charge in [-0.25, -0.2) is 22.8 Å². The molecule has 145 heavy (non-hydrogen) atoms. The highest BCUT2D eigenvalue weighted by Crippen LogP contribution is 2.57. The lowest BCUT2D eigenvalue weighted by molar-refractivity contribution is -0.659. The van der Waals surface area contributed by atoms with Gasteiger partial charge in [0.1, 0.15) is 58.2 Å². The Kier molecular flexibility index (Phi) is 28.0. The van der Waals surface area contributed by atoms with Crippen LogP contribution in [0.4, 0.5) is 0 Å². The topological polar surface area (TPSA) is 42.7 Å². The van der Waals surface area contributed by atoms with E-state index in [-0.39, 0.29) is 69.6 Å². The van der Waals surface area contributed by atoms with Crippen molar-refractivity contribution in [2.45, 2.75) is 274 Å². The lowest BCUT2D eigenvalue weighted by atomic mass is 9.60. The maximum absolute atomic E-state index is 2.59. The molecule has 10 heteroatoms. The SMILES string of the molecule is C.C.C.C.C.Cc1cccc2c3cccc4c3[n+]3c(c(C)n(C)c3c12)C(C)(C)C4(C)C.Cc1cccc2c3cccc4c3n3c(c(-c5ccccc5)[n+](C)c3c12)C(C)(C)C4(C)C.Cc1cccc2c3cccc4c3n3c(c[n+](C)c3c12)C(C)(C)C4(C)C.Cc1cccc2c3ccccc3n3c(-c4c(CC(C)C)cccc4CC(C)C)c[n+](C)c3c12.Cc1ccccc1-c1n(-c2c(C(C)C)cccc2C(C)C)cc[n+]1C. The lowest BCUT2D eigenvalue weighted by Crippen LogP contribution is -2.51. The molecule has 24 rings (SSSR count). The van der Waals surface area contributed by atoms with Crippen molar-refractivity contribution >= 4 is 109 Å². The number of nitrogens with zero attached hydrogens (tertiary/aromatic N) is 10. The van der Waals surface area contributed by atoms with Crippen LogP contribution >= 0.6 is 0 Å². The average Bonchev–Trinajstić information content (AvgIpc) is 1.70. The zero-order chi connectivity index (χ0) is 99.4. The monoisotopic (exact) mass is 1930 g/mol. The molecule has 750 valence electrons. The van der Waals surface area contributed by atoms with E-state index < -0.39 is 0 Å². The molecule has 0 fully saturated rings. The first kappa shape index (κ1) is 106. The number of imidazole rings is 5. The fraction of sp³-hybridized carbons (Fsp3) is 0.356. The fourth-order valence-electron chi connectivity index (χ4n) is 25.3. The molecule has 12 aromatic carbocycles. The Bertz CT molecular complexity index is 8630. The molecule has 10 nitrogen and oxygen atoms in total. The summed E-state index contributed by atoms with van der Waals surface area (Å²) >= 11 is 0. The Morgan fingerprint density at radius 2 is 0.752 bits per heavy atom. The van der Waals surface area contributed by atoms with Gasteiger partial charge in [0.15, 0.2) is 28.5 Å². The van der Waals surface area contributed by atoms with Crippen LogP contribution in [0, 0.1) is 53.4 Å². The Hall–Kier alpha value is -13.3. The van der Waals surface area contributed by atoms with Crippen molar-refractivity contribution in [1.82, 2.24) is 22.3 Å². The number of aromatic nitrogens is 10. The zero-order valence-corrected chi connectivity index (χ0v) is 89.1. The predicted octanol–water partition coefficient (Wildman–Crippen LogP) is 33.0. The minimum absolute atomic E-state index is 0. The number of pyridine rings is 4. The molecule has 9 aromatic heterocycles. The van der Waals surface area contributed by atoms with E-state index in [1.54, 1.807) is 0 Å². The Morgan fingerprint density at radius 3 is 1.28 bits per heavy atom. The summed E-state index contributed by atoms with van der Waals surface area (Å²) in [7, 11) is 11.0. The predicted molar refractivity (Wildman–Crippen MR) is 623 cm³/mol. The van der Waals surface area contributed by atoms with Gasteiger partial charge in [-0.1, -0.05) is 406 Å². The second-order valence-electron chi connectivity index (χ2n) is 46.0. The zero-order valence-electron chi connectivity index (χ0n) is 89.1. The van der Waals surface area contributed by atoms with E-state index in [4.69, 9.17) is 0 Å². The Balaban J connectivity index is 0.000000136. The molecular weight excluding hydrogens is 1760 g/mol. The summed E-state index contributed by atoms with van der Waals surface area (Å²) < 4.78 is 24.3. The van der Waals surface area contributed by atoms with Crippen molar-refractivity contribution in [1.29, 1.82) is 0 Å². The third kappa shape index (κ3) is 15.8. The standard InChI is InChI=1S/C31H35N2.C29H29N2.C24H27N2.C23H25N2.C23H29N2.5CH4/c1-20(2)17-23-12-10-13-24(18-21(3)4)30(23)28-19-32(6)31-29-22(5)11-9-15-26(29)25-14-7-8-16-27(25)33(28)31;1-18-12-10-15-20-21-16-11-17-22-25(21)31-26(29(4,5)28(22,2)3)24(19-13-8-7-9-14-19)30(6)27(31)23(18)20;1-14-10-8-11-16-17-12-9-13-18-20(17)26-21(24(5,6)23(18,3)4)15(2)25(7)22(26)19(14)16;1-14-9-7-10-15-16-11-8-12-17-20(16)25-18(23(4,5)22(17,2)3)13-24(6)21(25)19(14)15;1-16(2)19-12-9-13-20(17(3)4)22(19)25-15-14-24(6)23(25)21-11-8-7-10-18(21)5;;;;;/h7-16,19-21H,17-18H2,1-6H3;7-17H,1-6H3;8-13H,1-7H3;7-13H,1-6H3;7-17H,1-6H3;5*1H4/q5*+1;;;;;. The highest BCUT2D eigenvalue weighted by molar-refractivity contribution is 6.17. The van der Waals surface area contributed by atoms with Crippen LogP contribution in [0.15, 0.2) is 267 Å². The summed E-state index contributed by atoms with van der Waals surface area (Å²) in [4.78, 5) is 0. The highest BCUT2D eigenvalue weighted by Gasteiger charge is 2.55. The van der Waals surface area contributed by atoms with E-state index in [0.717, 1.165) is 12.8 Å². The summed E-state index contributed by atoms with van der Waals surface area (Å²) in [5.74, 6) is 3.40. The molecule has 3 aliphatic heterocycles. The summed E-state index contributed by atoms with van der Waals surface area (Å²) in [6.45, 7) is 60.7. The number of para-hydroxylation sites is 5. The number of hydrogen-bond acceptors (Lipinski definition) is 0. The number of aryl methyl sites for hydroxylation is 10. The third-order valence-corrected chi connectivity index (χ3v) is 34.5. The van der Waals surface area contributed by atoms with Crippen LogP contribution in [0.2, 0.25) is 0 Å². The molecule has 0 radical (unpaired) electrons. The number of rotatable bonds is 10. The van der Waals surface area contributed by atoms with Gasteiger partial charge < -0.3 is 0 Å². The summed E-state index contributed by atoms with van der Waals surface area (Å²) in [6, 6.07) is 89.6. The first-order valence-electron chi connectivity index (χ1n) is 51.4. The average molecular weight is 1930 g/mol. The minimum Gasteiger partial charge on any atom is -0.232 e. The quantitative estimate of drug-likeness (QED) is 0.0967. The Labute approximate surface area is 866 Å². The van der Waals surface area contributed by atoms with Crippen molar-refractivity contribution in [2.75, 3.05) is 0 Å². The lowest BCUT2D eigenvalue weighted by Gasteiger charge is -2.43. The van der Waals surface area contributed by atoms with E-state index in [1.807, 2.05) is 0 Å². The summed E-state index contributed by atoms with van der Waals surface area (Å²) in [5, 5.41) is 16.3. The molecule has 0 saturated carbocycles. The second kappa shape index (κ2) is 38.3. The normalized spacial score (nSPS) is 14.5. The van der Waals surface area contributed by atoms with Crippen LogP contribution in [-0.2, 0) is 80.6 Å². The molecule has 0 N–H and O–H groups in total. The second-order valence-corrected chi connectivity index (χ2v) is 46.0. The van der Waals surface area contributed by atoms with Crippen molar-refractivity contribution in [3.63, 3.8) is 0 Å². The van der Waals surface area contributed by atoms with Gasteiger partial charge >= 0.3 is 0 Å². The van der Waals surface area contributed by atoms with Crippen LogP contribution in [0.3, 0.4) is 0 Å². The van der Waals surface area contributed by atoms with Gasteiger partial charge in [-0.05, 0) is 122 Å². The summed E-state index contributed by atoms with van der Waals surface area (Å²) in [5.41, 5.74) is 41.1. The van der Waals surface area contributed by atoms with Crippen LogP contribution in [0.5, 0.6) is 0 Å². The molecule has 0 atom stereocenters. The maximum atomic E-state index is 2.59. The molecule has 0 bridgehead atoms. The number of hydrogen-bond donors (Lipinski definition) is 0. The minimum atomic E-state index is -0.0556. The van der Waals surface area contributed by atoms with Gasteiger partial charge in [0, 0.05) is 121 Å². The van der Waals surface area contributed by atoms with E-state index >= 15 is 0 Å². The molecule has 3 aliphatic rings. The van der Waals surface area contributed by atoms with Gasteiger partial charge in [-0.15, -0.1) is 0 Å². The van der Waals surface area contributed by atoms with E-state index in [1.165, 1.54) is 238 Å². The summed E-state index contributed by atoms with van der Waals surface area (Å²) in [6.07, 6.45) is 11.2. The third-order valence-electron chi connectivity index (χ3n) is 34.5.